The highest BCUT2D eigenvalue weighted by molar-refractivity contribution is 7.13. The third-order valence-electron chi connectivity index (χ3n) is 5.46. The van der Waals surface area contributed by atoms with Crippen molar-refractivity contribution in [3.05, 3.63) is 21.9 Å². The number of carbonyl (C=O) groups is 4. The van der Waals surface area contributed by atoms with Crippen LogP contribution in [0.2, 0.25) is 0 Å². The average molecular weight is 569 g/mol. The lowest BCUT2D eigenvalue weighted by molar-refractivity contribution is -0.192. The van der Waals surface area contributed by atoms with Crippen molar-refractivity contribution in [3.63, 3.8) is 0 Å². The van der Waals surface area contributed by atoms with E-state index in [1.165, 1.54) is 25.6 Å². The molecule has 0 spiro atoms. The summed E-state index contributed by atoms with van der Waals surface area (Å²) < 4.78 is 46.8. The van der Waals surface area contributed by atoms with E-state index < -0.39 is 41.4 Å². The minimum Gasteiger partial charge on any atom is -0.475 e. The molecule has 1 aromatic rings. The number of nitrogens with one attached hydrogen (secondary N) is 1. The summed E-state index contributed by atoms with van der Waals surface area (Å²) >= 11 is 1.41. The molecular formula is C24H35F3N2O8S. The van der Waals surface area contributed by atoms with Crippen molar-refractivity contribution in [2.45, 2.75) is 83.4 Å². The molecule has 38 heavy (non-hydrogen) atoms. The fourth-order valence-corrected chi connectivity index (χ4v) is 4.54. The van der Waals surface area contributed by atoms with E-state index in [1.807, 2.05) is 33.8 Å². The molecule has 1 saturated heterocycles. The van der Waals surface area contributed by atoms with Crippen LogP contribution in [-0.2, 0) is 35.1 Å². The van der Waals surface area contributed by atoms with E-state index in [2.05, 4.69) is 10.2 Å². The standard InChI is InChI=1S/C22H34N2O6S.C2HF3O2/c1-21(2,3)30-20(27)17-10-9-15(31-17)14-24-12-8-7-11-22(24,4)23-16(19(26)29-6)13-18(25)28-5;3-2(4,5)1(6)7/h9-10,16,23H,7-8,11-14H2,1-6H3;(H,6,7)/t16-,22?;/m0./s1. The van der Waals surface area contributed by atoms with Gasteiger partial charge in [-0.1, -0.05) is 0 Å². The first-order valence-electron chi connectivity index (χ1n) is 11.7. The largest absolute Gasteiger partial charge is 0.490 e. The number of carboxylic acid groups (broad SMARTS) is 1. The molecule has 1 fully saturated rings. The fraction of sp³-hybridized carbons (Fsp3) is 0.667. The van der Waals surface area contributed by atoms with E-state index in [1.54, 1.807) is 6.07 Å². The molecule has 1 aliphatic heterocycles. The van der Waals surface area contributed by atoms with Gasteiger partial charge in [-0.05, 0) is 59.1 Å². The number of alkyl halides is 3. The minimum atomic E-state index is -5.08. The van der Waals surface area contributed by atoms with Gasteiger partial charge in [0.05, 0.1) is 26.3 Å². The van der Waals surface area contributed by atoms with Crippen LogP contribution in [0, 0.1) is 0 Å². The van der Waals surface area contributed by atoms with E-state index >= 15 is 0 Å². The molecule has 2 rings (SSSR count). The van der Waals surface area contributed by atoms with Crippen LogP contribution in [0.4, 0.5) is 13.2 Å². The fourth-order valence-electron chi connectivity index (χ4n) is 3.64. The molecule has 216 valence electrons. The number of hydrogen-bond acceptors (Lipinski definition) is 10. The van der Waals surface area contributed by atoms with Crippen LogP contribution in [0.15, 0.2) is 12.1 Å². The van der Waals surface area contributed by atoms with Gasteiger partial charge in [0.25, 0.3) is 0 Å². The van der Waals surface area contributed by atoms with Crippen LogP contribution in [0.1, 0.15) is 67.9 Å². The van der Waals surface area contributed by atoms with Gasteiger partial charge in [0.15, 0.2) is 0 Å². The van der Waals surface area contributed by atoms with Gasteiger partial charge in [0.2, 0.25) is 0 Å². The number of aliphatic carboxylic acids is 1. The number of hydrogen-bond donors (Lipinski definition) is 2. The zero-order chi connectivity index (χ0) is 29.3. The average Bonchev–Trinajstić information content (AvgIpc) is 3.27. The number of piperidine rings is 1. The van der Waals surface area contributed by atoms with Crippen molar-refractivity contribution in [3.8, 4) is 0 Å². The second-order valence-electron chi connectivity index (χ2n) is 9.72. The monoisotopic (exact) mass is 568 g/mol. The molecule has 10 nitrogen and oxygen atoms in total. The summed E-state index contributed by atoms with van der Waals surface area (Å²) in [5, 5.41) is 10.5. The lowest BCUT2D eigenvalue weighted by atomic mass is 9.95. The van der Waals surface area contributed by atoms with Crippen molar-refractivity contribution in [1.29, 1.82) is 0 Å². The number of carboxylic acids is 1. The molecule has 0 aliphatic carbocycles. The number of nitrogens with zero attached hydrogens (tertiary/aromatic N) is 1. The summed E-state index contributed by atoms with van der Waals surface area (Å²) in [4.78, 5) is 49.2. The van der Waals surface area contributed by atoms with Gasteiger partial charge in [-0.25, -0.2) is 9.59 Å². The summed E-state index contributed by atoms with van der Waals surface area (Å²) in [5.74, 6) is -4.06. The number of carbonyl (C=O) groups excluding carboxylic acids is 3. The van der Waals surface area contributed by atoms with Crippen molar-refractivity contribution in [2.75, 3.05) is 20.8 Å². The molecule has 1 aliphatic rings. The van der Waals surface area contributed by atoms with Crippen molar-refractivity contribution in [2.24, 2.45) is 0 Å². The van der Waals surface area contributed by atoms with Crippen LogP contribution in [-0.4, -0.2) is 78.1 Å². The Bertz CT molecular complexity index is 977. The van der Waals surface area contributed by atoms with E-state index in [-0.39, 0.29) is 12.4 Å². The minimum absolute atomic E-state index is 0.103. The van der Waals surface area contributed by atoms with Gasteiger partial charge in [-0.15, -0.1) is 11.3 Å². The van der Waals surface area contributed by atoms with Crippen LogP contribution in [0.3, 0.4) is 0 Å². The second kappa shape index (κ2) is 13.9. The van der Waals surface area contributed by atoms with E-state index in [0.29, 0.717) is 11.4 Å². The van der Waals surface area contributed by atoms with Crippen LogP contribution in [0.5, 0.6) is 0 Å². The maximum atomic E-state index is 12.3. The third-order valence-corrected chi connectivity index (χ3v) is 6.51. The van der Waals surface area contributed by atoms with Gasteiger partial charge in [0, 0.05) is 18.0 Å². The Hall–Kier alpha value is -2.71. The second-order valence-corrected chi connectivity index (χ2v) is 10.9. The number of likely N-dealkylation sites (tertiary alicyclic amines) is 1. The summed E-state index contributed by atoms with van der Waals surface area (Å²) in [6.07, 6.45) is -2.35. The number of methoxy groups -OCH3 is 2. The molecule has 2 N–H and O–H groups in total. The number of rotatable bonds is 8. The Kier molecular flexibility index (Phi) is 12.2. The van der Waals surface area contributed by atoms with Crippen LogP contribution in [0.25, 0.3) is 0 Å². The van der Waals surface area contributed by atoms with Crippen LogP contribution >= 0.6 is 11.3 Å². The molecule has 2 atom stereocenters. The summed E-state index contributed by atoms with van der Waals surface area (Å²) in [6, 6.07) is 2.92. The molecule has 0 aromatic carbocycles. The highest BCUT2D eigenvalue weighted by Crippen LogP contribution is 2.30. The highest BCUT2D eigenvalue weighted by Gasteiger charge is 2.39. The van der Waals surface area contributed by atoms with Gasteiger partial charge in [-0.3, -0.25) is 19.8 Å². The third kappa shape index (κ3) is 11.0. The Morgan fingerprint density at radius 2 is 1.74 bits per heavy atom. The molecule has 0 amide bonds. The predicted octanol–water partition coefficient (Wildman–Crippen LogP) is 3.73. The van der Waals surface area contributed by atoms with Crippen LogP contribution < -0.4 is 5.32 Å². The number of esters is 3. The first-order chi connectivity index (χ1) is 17.4. The van der Waals surface area contributed by atoms with E-state index in [0.717, 1.165) is 30.7 Å². The molecule has 0 radical (unpaired) electrons. The maximum absolute atomic E-state index is 12.3. The molecule has 0 saturated carbocycles. The van der Waals surface area contributed by atoms with Gasteiger partial charge < -0.3 is 19.3 Å². The number of halogens is 3. The van der Waals surface area contributed by atoms with Gasteiger partial charge in [-0.2, -0.15) is 13.2 Å². The molecule has 1 aromatic heterocycles. The Morgan fingerprint density at radius 3 is 2.24 bits per heavy atom. The lowest BCUT2D eigenvalue weighted by Gasteiger charge is -2.46. The number of ether oxygens (including phenoxy) is 3. The quantitative estimate of drug-likeness (QED) is 0.353. The van der Waals surface area contributed by atoms with E-state index in [4.69, 9.17) is 24.1 Å². The Labute approximate surface area is 223 Å². The van der Waals surface area contributed by atoms with Gasteiger partial charge in [0.1, 0.15) is 16.5 Å². The summed E-state index contributed by atoms with van der Waals surface area (Å²) in [5.41, 5.74) is -1.06. The van der Waals surface area contributed by atoms with E-state index in [9.17, 15) is 27.6 Å². The lowest BCUT2D eigenvalue weighted by Crippen LogP contribution is -2.63. The zero-order valence-electron chi connectivity index (χ0n) is 22.3. The normalized spacial score (nSPS) is 19.0. The first kappa shape index (κ1) is 33.3. The molecule has 2 heterocycles. The maximum Gasteiger partial charge on any atom is 0.490 e. The Balaban J connectivity index is 0.000000905. The summed E-state index contributed by atoms with van der Waals surface area (Å²) in [6.45, 7) is 9.00. The molecule has 1 unspecified atom stereocenters. The van der Waals surface area contributed by atoms with Crippen molar-refractivity contribution >= 4 is 35.2 Å². The summed E-state index contributed by atoms with van der Waals surface area (Å²) in [7, 11) is 2.60. The molecule has 0 bridgehead atoms. The molecule has 14 heteroatoms. The van der Waals surface area contributed by atoms with Crippen molar-refractivity contribution < 1.29 is 51.7 Å². The smallest absolute Gasteiger partial charge is 0.475 e. The number of thiophene rings is 1. The molecular weight excluding hydrogens is 533 g/mol. The predicted molar refractivity (Wildman–Crippen MR) is 131 cm³/mol. The topological polar surface area (TPSA) is 131 Å². The Morgan fingerprint density at radius 1 is 1.13 bits per heavy atom. The van der Waals surface area contributed by atoms with Crippen molar-refractivity contribution in [1.82, 2.24) is 10.2 Å². The van der Waals surface area contributed by atoms with Gasteiger partial charge >= 0.3 is 30.1 Å². The first-order valence-corrected chi connectivity index (χ1v) is 12.5. The highest BCUT2D eigenvalue weighted by atomic mass is 32.1. The zero-order valence-corrected chi connectivity index (χ0v) is 23.1. The SMILES string of the molecule is COC(=O)C[C@H](NC1(C)CCCCN1Cc1ccc(C(=O)OC(C)(C)C)s1)C(=O)OC.O=C(O)C(F)(F)F.